The van der Waals surface area contributed by atoms with Gasteiger partial charge in [0.05, 0.1) is 9.95 Å². The number of hydrogen-bond acceptors (Lipinski definition) is 5. The molecule has 116 valence electrons. The van der Waals surface area contributed by atoms with Gasteiger partial charge in [-0.2, -0.15) is 4.31 Å². The molecular formula is C12H16ClN3O4S. The molecule has 1 aromatic carbocycles. The molecule has 0 atom stereocenters. The van der Waals surface area contributed by atoms with Crippen LogP contribution in [0.2, 0.25) is 5.02 Å². The molecule has 7 nitrogen and oxygen atoms in total. The average molecular weight is 334 g/mol. The van der Waals surface area contributed by atoms with Gasteiger partial charge in [-0.1, -0.05) is 11.6 Å². The third-order valence-electron chi connectivity index (χ3n) is 3.61. The monoisotopic (exact) mass is 333 g/mol. The van der Waals surface area contributed by atoms with E-state index in [0.717, 1.165) is 19.2 Å². The molecule has 1 aliphatic rings. The summed E-state index contributed by atoms with van der Waals surface area (Å²) in [5.74, 6) is 0. The Morgan fingerprint density at radius 1 is 1.38 bits per heavy atom. The van der Waals surface area contributed by atoms with E-state index in [1.165, 1.54) is 23.5 Å². The Labute approximate surface area is 128 Å². The number of nitrogens with zero attached hydrogens (tertiary/aromatic N) is 2. The van der Waals surface area contributed by atoms with Crippen LogP contribution in [0.3, 0.4) is 0 Å². The van der Waals surface area contributed by atoms with Gasteiger partial charge in [0.2, 0.25) is 10.0 Å². The molecule has 1 fully saturated rings. The van der Waals surface area contributed by atoms with Crippen LogP contribution in [0.5, 0.6) is 0 Å². The molecule has 2 rings (SSSR count). The van der Waals surface area contributed by atoms with Gasteiger partial charge in [-0.3, -0.25) is 10.1 Å². The van der Waals surface area contributed by atoms with Crippen molar-refractivity contribution in [3.8, 4) is 0 Å². The maximum atomic E-state index is 12.6. The van der Waals surface area contributed by atoms with Crippen molar-refractivity contribution in [3.05, 3.63) is 33.3 Å². The molecule has 0 bridgehead atoms. The van der Waals surface area contributed by atoms with Crippen LogP contribution >= 0.6 is 11.6 Å². The van der Waals surface area contributed by atoms with Crippen molar-refractivity contribution < 1.29 is 13.3 Å². The summed E-state index contributed by atoms with van der Waals surface area (Å²) in [6, 6.07) is 3.30. The van der Waals surface area contributed by atoms with Crippen LogP contribution in [0.25, 0.3) is 0 Å². The van der Waals surface area contributed by atoms with Crippen molar-refractivity contribution in [2.45, 2.75) is 23.8 Å². The minimum absolute atomic E-state index is 0.0126. The average Bonchev–Trinajstić information content (AvgIpc) is 2.47. The molecule has 1 heterocycles. The second-order valence-corrected chi connectivity index (χ2v) is 7.25. The van der Waals surface area contributed by atoms with Gasteiger partial charge in [0.15, 0.2) is 0 Å². The lowest BCUT2D eigenvalue weighted by Crippen LogP contribution is -2.43. The first kappa shape index (κ1) is 16.2. The topological polar surface area (TPSA) is 92.6 Å². The Bertz CT molecular complexity index is 644. The van der Waals surface area contributed by atoms with Crippen LogP contribution in [0, 0.1) is 10.1 Å². The smallest absolute Gasteiger partial charge is 0.270 e. The van der Waals surface area contributed by atoms with E-state index in [1.54, 1.807) is 0 Å². The standard InChI is InChI=1S/C12H16ClN3O4S/c1-15(9-4-6-14-7-5-9)21(19,20)12-8-10(16(17)18)2-3-11(12)13/h2-3,8-9,14H,4-7H2,1H3. The van der Waals surface area contributed by atoms with E-state index in [1.807, 2.05) is 0 Å². The van der Waals surface area contributed by atoms with E-state index in [-0.39, 0.29) is 21.6 Å². The van der Waals surface area contributed by atoms with E-state index >= 15 is 0 Å². The summed E-state index contributed by atoms with van der Waals surface area (Å²) in [7, 11) is -2.37. The van der Waals surface area contributed by atoms with Gasteiger partial charge in [-0.25, -0.2) is 8.42 Å². The summed E-state index contributed by atoms with van der Waals surface area (Å²) in [5.41, 5.74) is -0.295. The Morgan fingerprint density at radius 3 is 2.57 bits per heavy atom. The molecule has 0 aromatic heterocycles. The first-order valence-electron chi connectivity index (χ1n) is 6.46. The molecule has 1 aromatic rings. The van der Waals surface area contributed by atoms with Crippen molar-refractivity contribution in [2.24, 2.45) is 0 Å². The van der Waals surface area contributed by atoms with E-state index in [0.29, 0.717) is 12.8 Å². The zero-order valence-corrected chi connectivity index (χ0v) is 13.0. The molecule has 1 N–H and O–H groups in total. The molecule has 1 aliphatic heterocycles. The third kappa shape index (κ3) is 3.34. The van der Waals surface area contributed by atoms with Gasteiger partial charge in [0.25, 0.3) is 5.69 Å². The predicted molar refractivity (Wildman–Crippen MR) is 78.9 cm³/mol. The highest BCUT2D eigenvalue weighted by molar-refractivity contribution is 7.89. The number of piperidine rings is 1. The highest BCUT2D eigenvalue weighted by Crippen LogP contribution is 2.30. The lowest BCUT2D eigenvalue weighted by molar-refractivity contribution is -0.385. The van der Waals surface area contributed by atoms with Crippen LogP contribution in [-0.4, -0.2) is 43.8 Å². The molecule has 0 radical (unpaired) electrons. The normalized spacial score (nSPS) is 17.1. The molecule has 0 saturated carbocycles. The first-order chi connectivity index (χ1) is 9.84. The maximum absolute atomic E-state index is 12.6. The highest BCUT2D eigenvalue weighted by atomic mass is 35.5. The number of nitrogens with one attached hydrogen (secondary N) is 1. The van der Waals surface area contributed by atoms with Gasteiger partial charge in [0.1, 0.15) is 4.90 Å². The largest absolute Gasteiger partial charge is 0.317 e. The zero-order valence-electron chi connectivity index (χ0n) is 11.5. The van der Waals surface area contributed by atoms with Gasteiger partial charge < -0.3 is 5.32 Å². The van der Waals surface area contributed by atoms with Gasteiger partial charge >= 0.3 is 0 Å². The Hall–Kier alpha value is -1.22. The minimum atomic E-state index is -3.86. The fourth-order valence-electron chi connectivity index (χ4n) is 2.32. The number of sulfonamides is 1. The van der Waals surface area contributed by atoms with E-state index in [9.17, 15) is 18.5 Å². The van der Waals surface area contributed by atoms with Crippen LogP contribution in [0.1, 0.15) is 12.8 Å². The van der Waals surface area contributed by atoms with Crippen LogP contribution in [-0.2, 0) is 10.0 Å². The SMILES string of the molecule is CN(C1CCNCC1)S(=O)(=O)c1cc([N+](=O)[O-])ccc1Cl. The summed E-state index contributed by atoms with van der Waals surface area (Å²) in [5, 5.41) is 14.0. The summed E-state index contributed by atoms with van der Waals surface area (Å²) in [6.45, 7) is 1.49. The Morgan fingerprint density at radius 2 is 2.00 bits per heavy atom. The van der Waals surface area contributed by atoms with E-state index < -0.39 is 14.9 Å². The quantitative estimate of drug-likeness (QED) is 0.667. The number of benzene rings is 1. The molecule has 0 spiro atoms. The highest BCUT2D eigenvalue weighted by Gasteiger charge is 2.31. The van der Waals surface area contributed by atoms with Crippen molar-refractivity contribution >= 4 is 27.3 Å². The molecule has 0 unspecified atom stereocenters. The lowest BCUT2D eigenvalue weighted by atomic mass is 10.1. The summed E-state index contributed by atoms with van der Waals surface area (Å²) in [4.78, 5) is 9.95. The van der Waals surface area contributed by atoms with E-state index in [2.05, 4.69) is 5.32 Å². The van der Waals surface area contributed by atoms with Crippen molar-refractivity contribution in [2.75, 3.05) is 20.1 Å². The minimum Gasteiger partial charge on any atom is -0.317 e. The predicted octanol–water partition coefficient (Wildman–Crippen LogP) is 1.62. The molecule has 0 aliphatic carbocycles. The van der Waals surface area contributed by atoms with Gasteiger partial charge in [0, 0.05) is 25.2 Å². The Kier molecular flexibility index (Phi) is 4.82. The molecular weight excluding hydrogens is 318 g/mol. The lowest BCUT2D eigenvalue weighted by Gasteiger charge is -2.31. The number of rotatable bonds is 4. The fraction of sp³-hybridized carbons (Fsp3) is 0.500. The number of nitro groups is 1. The van der Waals surface area contributed by atoms with Gasteiger partial charge in [-0.15, -0.1) is 0 Å². The molecule has 1 saturated heterocycles. The van der Waals surface area contributed by atoms with Crippen molar-refractivity contribution in [1.82, 2.24) is 9.62 Å². The second-order valence-electron chi connectivity index (χ2n) is 4.87. The summed E-state index contributed by atoms with van der Waals surface area (Å²) in [6.07, 6.45) is 1.39. The second kappa shape index (κ2) is 6.27. The van der Waals surface area contributed by atoms with Gasteiger partial charge in [-0.05, 0) is 32.0 Å². The van der Waals surface area contributed by atoms with Crippen molar-refractivity contribution in [3.63, 3.8) is 0 Å². The molecule has 0 amide bonds. The van der Waals surface area contributed by atoms with E-state index in [4.69, 9.17) is 11.6 Å². The first-order valence-corrected chi connectivity index (χ1v) is 8.28. The summed E-state index contributed by atoms with van der Waals surface area (Å²) >= 11 is 5.93. The number of non-ortho nitro benzene ring substituents is 1. The van der Waals surface area contributed by atoms with Crippen LogP contribution in [0.15, 0.2) is 23.1 Å². The van der Waals surface area contributed by atoms with Crippen LogP contribution < -0.4 is 5.32 Å². The Balaban J connectivity index is 2.38. The number of hydrogen-bond donors (Lipinski definition) is 1. The zero-order chi connectivity index (χ0) is 15.6. The fourth-order valence-corrected chi connectivity index (χ4v) is 4.23. The molecule has 9 heteroatoms. The maximum Gasteiger partial charge on any atom is 0.270 e. The molecule has 21 heavy (non-hydrogen) atoms. The van der Waals surface area contributed by atoms with Crippen molar-refractivity contribution in [1.29, 1.82) is 0 Å². The van der Waals surface area contributed by atoms with Crippen LogP contribution in [0.4, 0.5) is 5.69 Å². The summed E-state index contributed by atoms with van der Waals surface area (Å²) < 4.78 is 26.5. The third-order valence-corrected chi connectivity index (χ3v) is 6.00. The number of nitro benzene ring substituents is 1. The number of halogens is 1.